The van der Waals surface area contributed by atoms with Crippen LogP contribution < -0.4 is 0 Å². The molecule has 0 amide bonds. The van der Waals surface area contributed by atoms with E-state index >= 15 is 0 Å². The van der Waals surface area contributed by atoms with Gasteiger partial charge in [0.1, 0.15) is 0 Å². The van der Waals surface area contributed by atoms with Crippen molar-refractivity contribution in [1.82, 2.24) is 0 Å². The van der Waals surface area contributed by atoms with Crippen molar-refractivity contribution in [3.05, 3.63) is 80.0 Å². The predicted molar refractivity (Wildman–Crippen MR) is 169 cm³/mol. The molecule has 1 N–H and O–H groups in total. The summed E-state index contributed by atoms with van der Waals surface area (Å²) in [6.07, 6.45) is 8.11. The van der Waals surface area contributed by atoms with Gasteiger partial charge in [0.25, 0.3) is 0 Å². The van der Waals surface area contributed by atoms with E-state index in [-0.39, 0.29) is 36.4 Å². The Hall–Kier alpha value is -4.04. The molecule has 0 aromatic rings. The van der Waals surface area contributed by atoms with Crippen molar-refractivity contribution >= 4 is 34.6 Å². The van der Waals surface area contributed by atoms with Crippen LogP contribution in [0.4, 0.5) is 0 Å². The van der Waals surface area contributed by atoms with Gasteiger partial charge in [0, 0.05) is 47.1 Å². The molecule has 1 fully saturated rings. The molecule has 5 aliphatic heterocycles. The second kappa shape index (κ2) is 10.9. The van der Waals surface area contributed by atoms with Gasteiger partial charge in [0.15, 0.2) is 5.78 Å². The monoisotopic (exact) mass is 578 g/mol. The highest BCUT2D eigenvalue weighted by Crippen LogP contribution is 2.45. The smallest absolute Gasteiger partial charge is 0.305 e. The third-order valence-electron chi connectivity index (χ3n) is 9.44. The summed E-state index contributed by atoms with van der Waals surface area (Å²) >= 11 is 0. The van der Waals surface area contributed by atoms with Crippen LogP contribution in [0.3, 0.4) is 0 Å². The first-order valence-corrected chi connectivity index (χ1v) is 15.2. The fourth-order valence-electron chi connectivity index (χ4n) is 7.03. The number of ketones is 1. The zero-order valence-corrected chi connectivity index (χ0v) is 26.0. The Morgan fingerprint density at radius 3 is 2.37 bits per heavy atom. The normalized spacial score (nSPS) is 25.2. The van der Waals surface area contributed by atoms with E-state index in [0.717, 1.165) is 80.5 Å². The SMILES string of the molecule is CCCC1=C(C)C2=CC3=NC(=CC4=NC(=C5CC(=O)C6=C(C)C(=CC1=N2)N=C56)C(CCC(=O)OC)C4C)C(C)=C3C(C)O. The van der Waals surface area contributed by atoms with E-state index in [0.29, 0.717) is 23.4 Å². The van der Waals surface area contributed by atoms with Crippen LogP contribution in [0.1, 0.15) is 73.6 Å². The Morgan fingerprint density at radius 2 is 1.67 bits per heavy atom. The van der Waals surface area contributed by atoms with E-state index in [4.69, 9.17) is 24.7 Å². The van der Waals surface area contributed by atoms with Crippen LogP contribution in [0.5, 0.6) is 0 Å². The number of ether oxygens (including phenoxy) is 1. The number of hydrogen-bond acceptors (Lipinski definition) is 8. The van der Waals surface area contributed by atoms with E-state index in [1.165, 1.54) is 7.11 Å². The molecule has 8 heteroatoms. The Kier molecular flexibility index (Phi) is 7.37. The highest BCUT2D eigenvalue weighted by atomic mass is 16.5. The van der Waals surface area contributed by atoms with E-state index in [1.807, 2.05) is 32.1 Å². The van der Waals surface area contributed by atoms with Gasteiger partial charge >= 0.3 is 5.97 Å². The Labute approximate surface area is 252 Å². The van der Waals surface area contributed by atoms with Crippen LogP contribution in [0, 0.1) is 11.8 Å². The van der Waals surface area contributed by atoms with E-state index in [1.54, 1.807) is 6.92 Å². The molecule has 0 saturated heterocycles. The molecule has 8 nitrogen and oxygen atoms in total. The van der Waals surface area contributed by atoms with Crippen LogP contribution >= 0.6 is 0 Å². The van der Waals surface area contributed by atoms with E-state index < -0.39 is 6.10 Å². The number of fused-ring (bicyclic) bond motifs is 4. The van der Waals surface area contributed by atoms with Gasteiger partial charge in [-0.1, -0.05) is 20.3 Å². The molecular formula is C35H38N4O4. The van der Waals surface area contributed by atoms with Gasteiger partial charge in [0.2, 0.25) is 0 Å². The molecule has 0 aromatic heterocycles. The molecule has 43 heavy (non-hydrogen) atoms. The number of hydrogen-bond donors (Lipinski definition) is 1. The average Bonchev–Trinajstić information content (AvgIpc) is 3.71. The average molecular weight is 579 g/mol. The number of allylic oxidation sites excluding steroid dienone is 10. The molecule has 0 spiro atoms. The standard InChI is InChI=1S/C35H38N4O4/c1-8-9-21-16(2)24-15-29-32(20(6)40)18(4)26(37-29)13-25-17(3)22(10-11-31(42)43-7)34(38-25)23-12-30(41)33-19(5)27(39-35(23)33)14-28(21)36-24/h13-15,17,20,22,40H,8-12H2,1-7H3. The van der Waals surface area contributed by atoms with Gasteiger partial charge in [-0.2, -0.15) is 0 Å². The highest BCUT2D eigenvalue weighted by molar-refractivity contribution is 6.38. The van der Waals surface area contributed by atoms with Crippen molar-refractivity contribution in [1.29, 1.82) is 0 Å². The number of Topliss-reactive ketones (excluding diaryl/α,β-unsaturated/α-hetero) is 1. The number of aliphatic hydroxyl groups excluding tert-OH is 1. The summed E-state index contributed by atoms with van der Waals surface area (Å²) in [5.74, 6) is -0.344. The third-order valence-corrected chi connectivity index (χ3v) is 9.44. The maximum absolute atomic E-state index is 13.5. The molecule has 0 radical (unpaired) electrons. The number of nitrogens with zero attached hydrogens (tertiary/aromatic N) is 4. The topological polar surface area (TPSA) is 113 Å². The molecule has 222 valence electrons. The van der Waals surface area contributed by atoms with Crippen LogP contribution in [0.25, 0.3) is 0 Å². The lowest BCUT2D eigenvalue weighted by molar-refractivity contribution is -0.140. The van der Waals surface area contributed by atoms with E-state index in [2.05, 4.69) is 20.8 Å². The molecule has 5 heterocycles. The predicted octanol–water partition coefficient (Wildman–Crippen LogP) is 6.03. The Morgan fingerprint density at radius 1 is 1.00 bits per heavy atom. The van der Waals surface area contributed by atoms with Crippen molar-refractivity contribution in [2.75, 3.05) is 7.11 Å². The minimum atomic E-state index is -0.718. The van der Waals surface area contributed by atoms with Crippen molar-refractivity contribution in [3.8, 4) is 0 Å². The lowest BCUT2D eigenvalue weighted by Crippen LogP contribution is -2.17. The molecule has 1 aliphatic carbocycles. The van der Waals surface area contributed by atoms with Gasteiger partial charge in [-0.05, 0) is 81.1 Å². The van der Waals surface area contributed by atoms with Gasteiger partial charge in [-0.25, -0.2) is 15.0 Å². The van der Waals surface area contributed by atoms with Gasteiger partial charge in [0.05, 0.1) is 53.1 Å². The zero-order chi connectivity index (χ0) is 30.7. The lowest BCUT2D eigenvalue weighted by atomic mass is 9.84. The number of aliphatic hydroxyl groups is 1. The Balaban J connectivity index is 1.62. The maximum atomic E-state index is 13.5. The fraction of sp³-hybridized carbons (Fsp3) is 0.429. The first-order valence-electron chi connectivity index (χ1n) is 15.2. The summed E-state index contributed by atoms with van der Waals surface area (Å²) < 4.78 is 4.95. The van der Waals surface area contributed by atoms with Gasteiger partial charge in [-0.15, -0.1) is 0 Å². The molecular weight excluding hydrogens is 540 g/mol. The van der Waals surface area contributed by atoms with Crippen LogP contribution in [0.2, 0.25) is 0 Å². The number of carbonyl (C=O) groups excluding carboxylic acids is 2. The third kappa shape index (κ3) is 4.72. The largest absolute Gasteiger partial charge is 0.469 e. The minimum absolute atomic E-state index is 0.0275. The second-order valence-electron chi connectivity index (χ2n) is 12.1. The van der Waals surface area contributed by atoms with Crippen molar-refractivity contribution < 1.29 is 19.4 Å². The summed E-state index contributed by atoms with van der Waals surface area (Å²) in [7, 11) is 1.40. The molecule has 8 bridgehead atoms. The summed E-state index contributed by atoms with van der Waals surface area (Å²) in [6, 6.07) is 0. The zero-order valence-electron chi connectivity index (χ0n) is 26.0. The number of methoxy groups -OCH3 is 1. The molecule has 3 unspecified atom stereocenters. The first-order chi connectivity index (χ1) is 20.5. The summed E-state index contributed by atoms with van der Waals surface area (Å²) in [4.78, 5) is 45.9. The summed E-state index contributed by atoms with van der Waals surface area (Å²) in [5.41, 5.74) is 12.5. The maximum Gasteiger partial charge on any atom is 0.305 e. The second-order valence-corrected chi connectivity index (χ2v) is 12.1. The van der Waals surface area contributed by atoms with Crippen LogP contribution in [-0.2, 0) is 14.3 Å². The van der Waals surface area contributed by atoms with Crippen molar-refractivity contribution in [3.63, 3.8) is 0 Å². The van der Waals surface area contributed by atoms with E-state index in [9.17, 15) is 14.7 Å². The van der Waals surface area contributed by atoms with Crippen molar-refractivity contribution in [2.24, 2.45) is 31.8 Å². The quantitative estimate of drug-likeness (QED) is 0.388. The molecule has 1 saturated carbocycles. The lowest BCUT2D eigenvalue weighted by Gasteiger charge is -2.18. The molecule has 6 rings (SSSR count). The number of carbonyl (C=O) groups is 2. The number of aliphatic imine (C=N–C) groups is 4. The molecule has 3 atom stereocenters. The molecule has 0 aromatic carbocycles. The van der Waals surface area contributed by atoms with Crippen molar-refractivity contribution in [2.45, 2.75) is 79.8 Å². The fourth-order valence-corrected chi connectivity index (χ4v) is 7.03. The van der Waals surface area contributed by atoms with Crippen LogP contribution in [0.15, 0.2) is 100.0 Å². The number of esters is 1. The van der Waals surface area contributed by atoms with Gasteiger partial charge in [-0.3, -0.25) is 14.6 Å². The molecule has 6 aliphatic rings. The Bertz CT molecular complexity index is 1730. The minimum Gasteiger partial charge on any atom is -0.469 e. The number of rotatable bonds is 6. The summed E-state index contributed by atoms with van der Waals surface area (Å²) in [6.45, 7) is 12.0. The van der Waals surface area contributed by atoms with Crippen LogP contribution in [-0.4, -0.2) is 52.9 Å². The summed E-state index contributed by atoms with van der Waals surface area (Å²) in [5, 5.41) is 10.8. The highest BCUT2D eigenvalue weighted by Gasteiger charge is 2.42. The first kappa shape index (κ1) is 29.1. The van der Waals surface area contributed by atoms with Gasteiger partial charge < -0.3 is 9.84 Å².